The number of halogens is 2. The monoisotopic (exact) mass is 434 g/mol. The van der Waals surface area contributed by atoms with Crippen LogP contribution in [0.3, 0.4) is 0 Å². The van der Waals surface area contributed by atoms with Gasteiger partial charge in [0.05, 0.1) is 16.8 Å². The van der Waals surface area contributed by atoms with Crippen LogP contribution in [0.25, 0.3) is 22.2 Å². The Bertz CT molecular complexity index is 935. The van der Waals surface area contributed by atoms with E-state index in [1.54, 1.807) is 17.3 Å². The lowest BCUT2D eigenvalue weighted by molar-refractivity contribution is 0.0791. The Hall–Kier alpha value is -2.21. The zero-order valence-corrected chi connectivity index (χ0v) is 18.5. The highest BCUT2D eigenvalue weighted by Crippen LogP contribution is 2.25. The fourth-order valence-corrected chi connectivity index (χ4v) is 3.01. The van der Waals surface area contributed by atoms with E-state index in [0.29, 0.717) is 18.0 Å². The predicted octanol–water partition coefficient (Wildman–Crippen LogP) is 4.59. The minimum Gasteiger partial charge on any atom is -0.342 e. The van der Waals surface area contributed by atoms with Crippen LogP contribution in [0.15, 0.2) is 54.9 Å². The molecule has 3 rings (SSSR count). The SMILES string of the molecule is CC(C)C(N)CCN(C)C(=O)c1cc(-c2ccncc2)nc2ccccc12.Cl.Cl. The molecule has 0 spiro atoms. The summed E-state index contributed by atoms with van der Waals surface area (Å²) in [5, 5.41) is 0.861. The summed E-state index contributed by atoms with van der Waals surface area (Å²) in [7, 11) is 1.83. The summed E-state index contributed by atoms with van der Waals surface area (Å²) in [4.78, 5) is 23.7. The number of aromatic nitrogens is 2. The lowest BCUT2D eigenvalue weighted by atomic mass is 10.0. The van der Waals surface area contributed by atoms with Crippen molar-refractivity contribution in [1.82, 2.24) is 14.9 Å². The van der Waals surface area contributed by atoms with Gasteiger partial charge in [-0.25, -0.2) is 4.98 Å². The Kier molecular flexibility index (Phi) is 9.50. The van der Waals surface area contributed by atoms with Crippen LogP contribution < -0.4 is 5.73 Å². The maximum absolute atomic E-state index is 13.2. The molecule has 0 aliphatic rings. The van der Waals surface area contributed by atoms with Crippen LogP contribution in [-0.4, -0.2) is 40.4 Å². The van der Waals surface area contributed by atoms with Gasteiger partial charge < -0.3 is 10.6 Å². The van der Waals surface area contributed by atoms with Gasteiger partial charge in [-0.1, -0.05) is 32.0 Å². The molecule has 3 aromatic rings. The van der Waals surface area contributed by atoms with Crippen molar-refractivity contribution >= 4 is 41.6 Å². The van der Waals surface area contributed by atoms with Crippen LogP contribution >= 0.6 is 24.8 Å². The molecule has 2 heterocycles. The number of pyridine rings is 2. The summed E-state index contributed by atoms with van der Waals surface area (Å²) in [5.74, 6) is 0.383. The van der Waals surface area contributed by atoms with E-state index in [-0.39, 0.29) is 36.8 Å². The number of rotatable bonds is 6. The molecular formula is C22H28Cl2N4O. The van der Waals surface area contributed by atoms with Gasteiger partial charge in [-0.15, -0.1) is 24.8 Å². The minimum atomic E-state index is -0.0140. The molecule has 7 heteroatoms. The van der Waals surface area contributed by atoms with Gasteiger partial charge >= 0.3 is 0 Å². The van der Waals surface area contributed by atoms with E-state index in [4.69, 9.17) is 10.7 Å². The first-order chi connectivity index (χ1) is 13.0. The Morgan fingerprint density at radius 1 is 1.10 bits per heavy atom. The van der Waals surface area contributed by atoms with E-state index in [0.717, 1.165) is 28.6 Å². The molecule has 0 bridgehead atoms. The van der Waals surface area contributed by atoms with E-state index in [1.165, 1.54) is 0 Å². The number of hydrogen-bond acceptors (Lipinski definition) is 4. The van der Waals surface area contributed by atoms with Crippen LogP contribution in [0, 0.1) is 5.92 Å². The number of nitrogens with zero attached hydrogens (tertiary/aromatic N) is 3. The van der Waals surface area contributed by atoms with Gasteiger partial charge in [-0.05, 0) is 36.6 Å². The molecule has 1 atom stereocenters. The highest BCUT2D eigenvalue weighted by molar-refractivity contribution is 6.07. The number of nitrogens with two attached hydrogens (primary N) is 1. The average molecular weight is 435 g/mol. The number of amides is 1. The molecule has 0 saturated heterocycles. The van der Waals surface area contributed by atoms with Crippen molar-refractivity contribution < 1.29 is 4.79 Å². The molecule has 29 heavy (non-hydrogen) atoms. The molecule has 1 aromatic carbocycles. The van der Waals surface area contributed by atoms with Crippen molar-refractivity contribution in [3.63, 3.8) is 0 Å². The van der Waals surface area contributed by atoms with E-state index < -0.39 is 0 Å². The first-order valence-electron chi connectivity index (χ1n) is 9.28. The number of hydrogen-bond donors (Lipinski definition) is 1. The minimum absolute atomic E-state index is 0. The summed E-state index contributed by atoms with van der Waals surface area (Å²) in [6.07, 6.45) is 4.24. The zero-order valence-electron chi connectivity index (χ0n) is 16.9. The Balaban J connectivity index is 0.00000210. The predicted molar refractivity (Wildman–Crippen MR) is 124 cm³/mol. The fraction of sp³-hybridized carbons (Fsp3) is 0.318. The second-order valence-electron chi connectivity index (χ2n) is 7.23. The quantitative estimate of drug-likeness (QED) is 0.615. The van der Waals surface area contributed by atoms with Crippen molar-refractivity contribution in [3.05, 3.63) is 60.4 Å². The van der Waals surface area contributed by atoms with Gasteiger partial charge in [0.15, 0.2) is 0 Å². The summed E-state index contributed by atoms with van der Waals surface area (Å²) in [6.45, 7) is 4.83. The maximum Gasteiger partial charge on any atom is 0.254 e. The Morgan fingerprint density at radius 3 is 2.41 bits per heavy atom. The molecule has 5 nitrogen and oxygen atoms in total. The molecule has 0 saturated carbocycles. The molecule has 0 fully saturated rings. The van der Waals surface area contributed by atoms with Crippen LogP contribution in [0.4, 0.5) is 0 Å². The third-order valence-corrected chi connectivity index (χ3v) is 4.92. The van der Waals surface area contributed by atoms with Gasteiger partial charge in [0, 0.05) is 43.0 Å². The van der Waals surface area contributed by atoms with E-state index in [2.05, 4.69) is 18.8 Å². The lowest BCUT2D eigenvalue weighted by Crippen LogP contribution is -2.34. The second kappa shape index (κ2) is 11.1. The molecule has 0 aliphatic carbocycles. The van der Waals surface area contributed by atoms with Gasteiger partial charge in [0.1, 0.15) is 0 Å². The van der Waals surface area contributed by atoms with Crippen LogP contribution in [0.5, 0.6) is 0 Å². The highest BCUT2D eigenvalue weighted by atomic mass is 35.5. The van der Waals surface area contributed by atoms with Crippen molar-refractivity contribution in [1.29, 1.82) is 0 Å². The smallest absolute Gasteiger partial charge is 0.254 e. The number of para-hydroxylation sites is 1. The topological polar surface area (TPSA) is 72.1 Å². The first-order valence-corrected chi connectivity index (χ1v) is 9.28. The average Bonchev–Trinajstić information content (AvgIpc) is 2.70. The Morgan fingerprint density at radius 2 is 1.76 bits per heavy atom. The molecule has 2 N–H and O–H groups in total. The van der Waals surface area contributed by atoms with Gasteiger partial charge in [0.25, 0.3) is 5.91 Å². The van der Waals surface area contributed by atoms with Crippen molar-refractivity contribution in [3.8, 4) is 11.3 Å². The van der Waals surface area contributed by atoms with E-state index in [9.17, 15) is 4.79 Å². The maximum atomic E-state index is 13.2. The van der Waals surface area contributed by atoms with Crippen molar-refractivity contribution in [2.45, 2.75) is 26.3 Å². The first kappa shape index (κ1) is 24.8. The van der Waals surface area contributed by atoms with Crippen LogP contribution in [-0.2, 0) is 0 Å². The standard InChI is InChI=1S/C22H26N4O.2ClH/c1-15(2)19(23)10-13-26(3)22(27)18-14-21(16-8-11-24-12-9-16)25-20-7-5-4-6-17(18)20;;/h4-9,11-12,14-15,19H,10,13,23H2,1-3H3;2*1H. The summed E-state index contributed by atoms with van der Waals surface area (Å²) in [5.41, 5.74) is 9.32. The molecule has 2 aromatic heterocycles. The van der Waals surface area contributed by atoms with Crippen LogP contribution in [0.2, 0.25) is 0 Å². The second-order valence-corrected chi connectivity index (χ2v) is 7.23. The number of carbonyl (C=O) groups excluding carboxylic acids is 1. The zero-order chi connectivity index (χ0) is 19.4. The largest absolute Gasteiger partial charge is 0.342 e. The Labute approximate surface area is 184 Å². The summed E-state index contributed by atoms with van der Waals surface area (Å²) in [6, 6.07) is 13.5. The third kappa shape index (κ3) is 5.89. The number of carbonyl (C=O) groups is 1. The summed E-state index contributed by atoms with van der Waals surface area (Å²) >= 11 is 0. The van der Waals surface area contributed by atoms with Crippen molar-refractivity contribution in [2.75, 3.05) is 13.6 Å². The summed E-state index contributed by atoms with van der Waals surface area (Å²) < 4.78 is 0. The van der Waals surface area contributed by atoms with Crippen LogP contribution in [0.1, 0.15) is 30.6 Å². The molecule has 156 valence electrons. The molecule has 0 aliphatic heterocycles. The van der Waals surface area contributed by atoms with E-state index >= 15 is 0 Å². The third-order valence-electron chi connectivity index (χ3n) is 4.92. The van der Waals surface area contributed by atoms with Gasteiger partial charge in [-0.3, -0.25) is 9.78 Å². The van der Waals surface area contributed by atoms with Crippen molar-refractivity contribution in [2.24, 2.45) is 11.7 Å². The van der Waals surface area contributed by atoms with Gasteiger partial charge in [-0.2, -0.15) is 0 Å². The normalized spacial score (nSPS) is 11.5. The van der Waals surface area contributed by atoms with Gasteiger partial charge in [0.2, 0.25) is 0 Å². The molecule has 1 amide bonds. The van der Waals surface area contributed by atoms with E-state index in [1.807, 2.05) is 49.5 Å². The number of fused-ring (bicyclic) bond motifs is 1. The molecular weight excluding hydrogens is 407 g/mol. The lowest BCUT2D eigenvalue weighted by Gasteiger charge is -2.22. The highest BCUT2D eigenvalue weighted by Gasteiger charge is 2.18. The molecule has 1 unspecified atom stereocenters. The number of benzene rings is 1. The molecule has 0 radical (unpaired) electrons. The fourth-order valence-electron chi connectivity index (χ4n) is 3.01.